The first-order chi connectivity index (χ1) is 11.1. The molecular weight excluding hydrogens is 329 g/mol. The minimum absolute atomic E-state index is 0.178. The fourth-order valence-corrected chi connectivity index (χ4v) is 2.64. The first-order valence-corrected chi connectivity index (χ1v) is 7.25. The Balaban J connectivity index is 2.10. The van der Waals surface area contributed by atoms with E-state index in [1.54, 1.807) is 13.8 Å². The predicted octanol–water partition coefficient (Wildman–Crippen LogP) is 2.80. The highest BCUT2D eigenvalue weighted by Crippen LogP contribution is 2.24. The summed E-state index contributed by atoms with van der Waals surface area (Å²) in [5, 5.41) is 9.11. The van der Waals surface area contributed by atoms with Gasteiger partial charge < -0.3 is 19.6 Å². The van der Waals surface area contributed by atoms with Crippen LogP contribution < -0.4 is 4.74 Å². The lowest BCUT2D eigenvalue weighted by molar-refractivity contribution is -0.274. The van der Waals surface area contributed by atoms with Crippen molar-refractivity contribution in [2.24, 2.45) is 0 Å². The average Bonchev–Trinajstić information content (AvgIpc) is 2.47. The molecule has 9 heteroatoms. The van der Waals surface area contributed by atoms with Gasteiger partial charge in [-0.15, -0.1) is 13.2 Å². The number of carboxylic acid groups (broad SMARTS) is 1. The number of nitrogens with zero attached hydrogens (tertiary/aromatic N) is 2. The molecule has 0 unspecified atom stereocenters. The van der Waals surface area contributed by atoms with Crippen molar-refractivity contribution in [2.45, 2.75) is 32.3 Å². The third-order valence-corrected chi connectivity index (χ3v) is 3.83. The van der Waals surface area contributed by atoms with Gasteiger partial charge in [0.05, 0.1) is 0 Å². The average molecular weight is 346 g/mol. The number of alkyl halides is 3. The van der Waals surface area contributed by atoms with Crippen LogP contribution in [0.2, 0.25) is 0 Å². The van der Waals surface area contributed by atoms with Gasteiger partial charge in [-0.2, -0.15) is 0 Å². The zero-order chi connectivity index (χ0) is 18.1. The van der Waals surface area contributed by atoms with E-state index in [9.17, 15) is 22.8 Å². The molecule has 1 saturated heterocycles. The highest BCUT2D eigenvalue weighted by molar-refractivity contribution is 5.94. The number of amides is 2. The van der Waals surface area contributed by atoms with E-state index in [1.165, 1.54) is 21.9 Å². The number of ether oxygens (including phenoxy) is 1. The molecule has 0 saturated carbocycles. The quantitative estimate of drug-likeness (QED) is 0.894. The molecule has 1 aliphatic heterocycles. The van der Waals surface area contributed by atoms with Crippen LogP contribution in [0.3, 0.4) is 0 Å². The number of carbonyl (C=O) groups is 2. The second-order valence-corrected chi connectivity index (χ2v) is 5.66. The lowest BCUT2D eigenvalue weighted by Crippen LogP contribution is -2.59. The number of piperazine rings is 1. The molecule has 1 aromatic carbocycles. The molecule has 0 radical (unpaired) electrons. The first-order valence-electron chi connectivity index (χ1n) is 7.25. The van der Waals surface area contributed by atoms with Gasteiger partial charge >= 0.3 is 12.5 Å². The van der Waals surface area contributed by atoms with Crippen molar-refractivity contribution in [3.63, 3.8) is 0 Å². The first kappa shape index (κ1) is 17.9. The lowest BCUT2D eigenvalue weighted by atomic mass is 10.1. The van der Waals surface area contributed by atoms with E-state index in [0.717, 1.165) is 12.1 Å². The van der Waals surface area contributed by atoms with Gasteiger partial charge in [0, 0.05) is 30.7 Å². The Bertz CT molecular complexity index is 618. The van der Waals surface area contributed by atoms with Gasteiger partial charge in [-0.3, -0.25) is 4.79 Å². The van der Waals surface area contributed by atoms with Crippen LogP contribution in [0.1, 0.15) is 24.2 Å². The number of halogens is 3. The Kier molecular flexibility index (Phi) is 4.91. The highest BCUT2D eigenvalue weighted by Gasteiger charge is 2.35. The van der Waals surface area contributed by atoms with Crippen LogP contribution in [-0.4, -0.2) is 58.4 Å². The summed E-state index contributed by atoms with van der Waals surface area (Å²) in [6, 6.07) is 3.95. The SMILES string of the molecule is C[C@@H]1CN(C(=O)O)[C@@H](C)CN1C(=O)c1ccc(OC(F)(F)F)cc1. The zero-order valence-corrected chi connectivity index (χ0v) is 13.1. The van der Waals surface area contributed by atoms with E-state index in [4.69, 9.17) is 5.11 Å². The molecule has 1 fully saturated rings. The molecule has 2 rings (SSSR count). The standard InChI is InChI=1S/C15H17F3N2O4/c1-9-8-20(14(22)23)10(2)7-19(9)13(21)11-3-5-12(6-4-11)24-15(16,17)18/h3-6,9-10H,7-8H2,1-2H3,(H,22,23)/t9-,10+/m1/s1. The molecule has 1 aliphatic rings. The van der Waals surface area contributed by atoms with Gasteiger partial charge in [0.25, 0.3) is 5.91 Å². The van der Waals surface area contributed by atoms with Crippen molar-refractivity contribution in [1.29, 1.82) is 0 Å². The van der Waals surface area contributed by atoms with Gasteiger partial charge in [0.2, 0.25) is 0 Å². The third-order valence-electron chi connectivity index (χ3n) is 3.83. The third kappa shape index (κ3) is 4.09. The van der Waals surface area contributed by atoms with E-state index in [0.29, 0.717) is 0 Å². The van der Waals surface area contributed by atoms with Gasteiger partial charge in [-0.25, -0.2) is 4.79 Å². The fourth-order valence-electron chi connectivity index (χ4n) is 2.64. The Morgan fingerprint density at radius 3 is 2.08 bits per heavy atom. The molecule has 0 bridgehead atoms. The summed E-state index contributed by atoms with van der Waals surface area (Å²) in [7, 11) is 0. The van der Waals surface area contributed by atoms with Gasteiger partial charge in [-0.05, 0) is 38.1 Å². The molecule has 132 valence electrons. The van der Waals surface area contributed by atoms with Crippen LogP contribution in [0, 0.1) is 0 Å². The largest absolute Gasteiger partial charge is 0.573 e. The van der Waals surface area contributed by atoms with E-state index < -0.39 is 18.2 Å². The summed E-state index contributed by atoms with van der Waals surface area (Å²) in [4.78, 5) is 26.4. The zero-order valence-electron chi connectivity index (χ0n) is 13.1. The monoisotopic (exact) mass is 346 g/mol. The Morgan fingerprint density at radius 2 is 1.58 bits per heavy atom. The second kappa shape index (κ2) is 6.58. The van der Waals surface area contributed by atoms with E-state index in [2.05, 4.69) is 4.74 Å². The van der Waals surface area contributed by atoms with E-state index in [-0.39, 0.29) is 36.6 Å². The summed E-state index contributed by atoms with van der Waals surface area (Å²) < 4.78 is 40.2. The topological polar surface area (TPSA) is 70.1 Å². The van der Waals surface area contributed by atoms with Crippen LogP contribution in [0.5, 0.6) is 5.75 Å². The van der Waals surface area contributed by atoms with Crippen LogP contribution in [0.4, 0.5) is 18.0 Å². The molecule has 2 amide bonds. The maximum Gasteiger partial charge on any atom is 0.573 e. The summed E-state index contributed by atoms with van der Waals surface area (Å²) >= 11 is 0. The minimum atomic E-state index is -4.79. The molecule has 0 aromatic heterocycles. The summed E-state index contributed by atoms with van der Waals surface area (Å²) in [5.41, 5.74) is 0.215. The number of hydrogen-bond donors (Lipinski definition) is 1. The Morgan fingerprint density at radius 1 is 1.08 bits per heavy atom. The van der Waals surface area contributed by atoms with Crippen molar-refractivity contribution < 1.29 is 32.6 Å². The van der Waals surface area contributed by atoms with Crippen LogP contribution >= 0.6 is 0 Å². The van der Waals surface area contributed by atoms with Crippen molar-refractivity contribution in [2.75, 3.05) is 13.1 Å². The van der Waals surface area contributed by atoms with Crippen LogP contribution in [0.15, 0.2) is 24.3 Å². The van der Waals surface area contributed by atoms with E-state index in [1.807, 2.05) is 0 Å². The molecule has 6 nitrogen and oxygen atoms in total. The van der Waals surface area contributed by atoms with E-state index >= 15 is 0 Å². The van der Waals surface area contributed by atoms with Crippen molar-refractivity contribution in [3.8, 4) is 5.75 Å². The Hall–Kier alpha value is -2.45. The molecule has 24 heavy (non-hydrogen) atoms. The van der Waals surface area contributed by atoms with Crippen LogP contribution in [0.25, 0.3) is 0 Å². The highest BCUT2D eigenvalue weighted by atomic mass is 19.4. The van der Waals surface area contributed by atoms with Crippen molar-refractivity contribution in [3.05, 3.63) is 29.8 Å². The molecule has 2 atom stereocenters. The molecule has 0 spiro atoms. The lowest BCUT2D eigenvalue weighted by Gasteiger charge is -2.42. The molecular formula is C15H17F3N2O4. The summed E-state index contributed by atoms with van der Waals surface area (Å²) in [5.74, 6) is -0.769. The number of benzene rings is 1. The maximum atomic E-state index is 12.5. The van der Waals surface area contributed by atoms with Crippen molar-refractivity contribution in [1.82, 2.24) is 9.80 Å². The summed E-state index contributed by atoms with van der Waals surface area (Å²) in [6.45, 7) is 3.81. The number of carbonyl (C=O) groups excluding carboxylic acids is 1. The van der Waals surface area contributed by atoms with Crippen LogP contribution in [-0.2, 0) is 0 Å². The number of hydrogen-bond acceptors (Lipinski definition) is 3. The Labute approximate surface area is 136 Å². The minimum Gasteiger partial charge on any atom is -0.465 e. The molecule has 1 heterocycles. The summed E-state index contributed by atoms with van der Waals surface area (Å²) in [6.07, 6.45) is -5.84. The molecule has 0 aliphatic carbocycles. The normalized spacial score (nSPS) is 21.5. The maximum absolute atomic E-state index is 12.5. The predicted molar refractivity (Wildman–Crippen MR) is 77.8 cm³/mol. The van der Waals surface area contributed by atoms with Gasteiger partial charge in [0.1, 0.15) is 5.75 Å². The van der Waals surface area contributed by atoms with Crippen molar-refractivity contribution >= 4 is 12.0 Å². The second-order valence-electron chi connectivity index (χ2n) is 5.66. The number of rotatable bonds is 2. The van der Waals surface area contributed by atoms with Gasteiger partial charge in [-0.1, -0.05) is 0 Å². The molecule has 1 aromatic rings. The molecule has 1 N–H and O–H groups in total. The van der Waals surface area contributed by atoms with Gasteiger partial charge in [0.15, 0.2) is 0 Å². The smallest absolute Gasteiger partial charge is 0.465 e. The fraction of sp³-hybridized carbons (Fsp3) is 0.467.